The smallest absolute Gasteiger partial charge is 0.165 e. The van der Waals surface area contributed by atoms with Gasteiger partial charge in [-0.05, 0) is 67.0 Å². The Kier molecular flexibility index (Phi) is 5.77. The van der Waals surface area contributed by atoms with Gasteiger partial charge >= 0.3 is 0 Å². The highest BCUT2D eigenvalue weighted by molar-refractivity contribution is 6.30. The molecule has 0 radical (unpaired) electrons. The summed E-state index contributed by atoms with van der Waals surface area (Å²) in [6.07, 6.45) is 8.28. The highest BCUT2D eigenvalue weighted by atomic mass is 35.5. The van der Waals surface area contributed by atoms with Crippen molar-refractivity contribution >= 4 is 23.0 Å². The summed E-state index contributed by atoms with van der Waals surface area (Å²) in [7, 11) is 0. The molecular formula is C21H25ClN2O. The van der Waals surface area contributed by atoms with Gasteiger partial charge < -0.3 is 10.6 Å². The lowest BCUT2D eigenvalue weighted by atomic mass is 9.85. The summed E-state index contributed by atoms with van der Waals surface area (Å²) >= 11 is 6.18. The van der Waals surface area contributed by atoms with Crippen LogP contribution in [0.2, 0.25) is 5.02 Å². The molecule has 0 bridgehead atoms. The van der Waals surface area contributed by atoms with Crippen LogP contribution in [0, 0.1) is 0 Å². The maximum atomic E-state index is 12.7. The Bertz CT molecular complexity index is 753. The molecule has 2 N–H and O–H groups in total. The molecule has 0 saturated carbocycles. The van der Waals surface area contributed by atoms with Crippen LogP contribution in [0.15, 0.2) is 47.7 Å². The van der Waals surface area contributed by atoms with E-state index in [1.54, 1.807) is 0 Å². The molecule has 1 saturated heterocycles. The summed E-state index contributed by atoms with van der Waals surface area (Å²) in [5.74, 6) is 0.180. The Morgan fingerprint density at radius 3 is 2.68 bits per heavy atom. The zero-order valence-corrected chi connectivity index (χ0v) is 15.6. The molecule has 3 nitrogen and oxygen atoms in total. The summed E-state index contributed by atoms with van der Waals surface area (Å²) in [6.45, 7) is 5.99. The number of hydrogen-bond acceptors (Lipinski definition) is 3. The zero-order chi connectivity index (χ0) is 17.8. The second kappa shape index (κ2) is 8.03. The van der Waals surface area contributed by atoms with E-state index >= 15 is 0 Å². The van der Waals surface area contributed by atoms with E-state index in [1.165, 1.54) is 16.7 Å². The minimum absolute atomic E-state index is 0.0389. The summed E-state index contributed by atoms with van der Waals surface area (Å²) in [5.41, 5.74) is 5.80. The second-order valence-corrected chi connectivity index (χ2v) is 6.69. The number of carbonyl (C=O) groups excluding carboxylic acids is 1. The number of carbonyl (C=O) groups is 1. The van der Waals surface area contributed by atoms with Crippen molar-refractivity contribution in [2.45, 2.75) is 39.2 Å². The quantitative estimate of drug-likeness (QED) is 0.737. The third-order valence-corrected chi connectivity index (χ3v) is 5.09. The van der Waals surface area contributed by atoms with E-state index in [0.29, 0.717) is 11.4 Å². The maximum absolute atomic E-state index is 12.7. The monoisotopic (exact) mass is 356 g/mol. The first kappa shape index (κ1) is 18.0. The van der Waals surface area contributed by atoms with Crippen LogP contribution in [0.1, 0.15) is 37.8 Å². The number of piperidine rings is 1. The number of dihydropyridines is 1. The van der Waals surface area contributed by atoms with Gasteiger partial charge in [-0.2, -0.15) is 0 Å². The van der Waals surface area contributed by atoms with Crippen LogP contribution in [-0.2, 0) is 11.2 Å². The fourth-order valence-corrected chi connectivity index (χ4v) is 3.97. The number of benzene rings is 1. The average molecular weight is 357 g/mol. The topological polar surface area (TPSA) is 41.1 Å². The van der Waals surface area contributed by atoms with Crippen molar-refractivity contribution in [2.75, 3.05) is 13.1 Å². The van der Waals surface area contributed by atoms with Crippen molar-refractivity contribution in [2.24, 2.45) is 0 Å². The predicted octanol–water partition coefficient (Wildman–Crippen LogP) is 4.04. The molecule has 0 spiro atoms. The Balaban J connectivity index is 0.000000880. The van der Waals surface area contributed by atoms with Gasteiger partial charge in [0.25, 0.3) is 0 Å². The molecule has 2 aliphatic heterocycles. The van der Waals surface area contributed by atoms with Crippen molar-refractivity contribution in [1.82, 2.24) is 10.6 Å². The molecular weight excluding hydrogens is 332 g/mol. The molecule has 25 heavy (non-hydrogen) atoms. The standard InChI is InChI=1S/C19H19ClN2O.C2H6/c20-14-3-4-15-13(10-14)11-17(23)16-2-1-7-22-19(16)18(15)12-5-8-21-9-6-12;1-2/h1-4,7,10,19,21-22H,5-6,8-9,11H2;1-2H3. The van der Waals surface area contributed by atoms with E-state index < -0.39 is 0 Å². The first-order valence-corrected chi connectivity index (χ1v) is 9.49. The van der Waals surface area contributed by atoms with E-state index in [1.807, 2.05) is 44.3 Å². The van der Waals surface area contributed by atoms with Gasteiger partial charge in [-0.3, -0.25) is 4.79 Å². The lowest BCUT2D eigenvalue weighted by Gasteiger charge is -2.28. The number of halogens is 1. The van der Waals surface area contributed by atoms with Crippen LogP contribution in [0.3, 0.4) is 0 Å². The minimum atomic E-state index is -0.0389. The SMILES string of the molecule is CC.O=C1Cc2cc(Cl)ccc2C(=C2CCNCC2)C2NC=CC=C12. The van der Waals surface area contributed by atoms with Gasteiger partial charge in [0, 0.05) is 17.0 Å². The molecule has 132 valence electrons. The van der Waals surface area contributed by atoms with Crippen LogP contribution >= 0.6 is 11.6 Å². The molecule has 4 heteroatoms. The molecule has 1 atom stereocenters. The highest BCUT2D eigenvalue weighted by Crippen LogP contribution is 2.38. The Morgan fingerprint density at radius 1 is 1.16 bits per heavy atom. The summed E-state index contributed by atoms with van der Waals surface area (Å²) in [6, 6.07) is 5.92. The van der Waals surface area contributed by atoms with Crippen LogP contribution in [0.25, 0.3) is 5.57 Å². The molecule has 3 aliphatic rings. The Hall–Kier alpha value is -1.84. The number of Topliss-reactive ketones (excluding diaryl/α,β-unsaturated/α-hetero) is 1. The molecule has 1 unspecified atom stereocenters. The molecule has 1 aromatic rings. The van der Waals surface area contributed by atoms with Crippen LogP contribution < -0.4 is 10.6 Å². The molecule has 0 amide bonds. The average Bonchev–Trinajstić information content (AvgIpc) is 2.78. The molecule has 4 rings (SSSR count). The summed E-state index contributed by atoms with van der Waals surface area (Å²) < 4.78 is 0. The van der Waals surface area contributed by atoms with Crippen molar-refractivity contribution in [3.8, 4) is 0 Å². The first-order chi connectivity index (χ1) is 12.2. The van der Waals surface area contributed by atoms with Crippen molar-refractivity contribution in [3.05, 3.63) is 63.8 Å². The molecule has 1 aromatic carbocycles. The number of hydrogen-bond donors (Lipinski definition) is 2. The van der Waals surface area contributed by atoms with Gasteiger partial charge in [0.1, 0.15) is 0 Å². The Morgan fingerprint density at radius 2 is 1.92 bits per heavy atom. The number of nitrogens with one attached hydrogen (secondary N) is 2. The van der Waals surface area contributed by atoms with E-state index in [-0.39, 0.29) is 11.8 Å². The summed E-state index contributed by atoms with van der Waals surface area (Å²) in [4.78, 5) is 12.7. The second-order valence-electron chi connectivity index (χ2n) is 6.25. The zero-order valence-electron chi connectivity index (χ0n) is 14.9. The largest absolute Gasteiger partial charge is 0.380 e. The van der Waals surface area contributed by atoms with Gasteiger partial charge in [0.2, 0.25) is 0 Å². The van der Waals surface area contributed by atoms with E-state index in [0.717, 1.165) is 37.1 Å². The van der Waals surface area contributed by atoms with Gasteiger partial charge in [0.05, 0.1) is 6.04 Å². The number of fused-ring (bicyclic) bond motifs is 2. The molecule has 0 aromatic heterocycles. The Labute approximate surface area is 154 Å². The van der Waals surface area contributed by atoms with Crippen molar-refractivity contribution < 1.29 is 4.79 Å². The minimum Gasteiger partial charge on any atom is -0.380 e. The van der Waals surface area contributed by atoms with Gasteiger partial charge in [0.15, 0.2) is 5.78 Å². The third-order valence-electron chi connectivity index (χ3n) is 4.85. The summed E-state index contributed by atoms with van der Waals surface area (Å²) in [5, 5.41) is 7.52. The van der Waals surface area contributed by atoms with Gasteiger partial charge in [-0.1, -0.05) is 43.2 Å². The van der Waals surface area contributed by atoms with Crippen molar-refractivity contribution in [1.29, 1.82) is 0 Å². The van der Waals surface area contributed by atoms with E-state index in [2.05, 4.69) is 16.7 Å². The fourth-order valence-electron chi connectivity index (χ4n) is 3.78. The van der Waals surface area contributed by atoms with Crippen molar-refractivity contribution in [3.63, 3.8) is 0 Å². The molecule has 1 aliphatic carbocycles. The van der Waals surface area contributed by atoms with E-state index in [9.17, 15) is 4.79 Å². The molecule has 2 heterocycles. The van der Waals surface area contributed by atoms with E-state index in [4.69, 9.17) is 11.6 Å². The highest BCUT2D eigenvalue weighted by Gasteiger charge is 2.33. The lowest BCUT2D eigenvalue weighted by Crippen LogP contribution is -2.34. The van der Waals surface area contributed by atoms with Crippen LogP contribution in [0.4, 0.5) is 0 Å². The number of rotatable bonds is 0. The van der Waals surface area contributed by atoms with Gasteiger partial charge in [-0.15, -0.1) is 0 Å². The maximum Gasteiger partial charge on any atom is 0.165 e. The van der Waals surface area contributed by atoms with Crippen LogP contribution in [-0.4, -0.2) is 24.9 Å². The fraction of sp³-hybridized carbons (Fsp3) is 0.381. The first-order valence-electron chi connectivity index (χ1n) is 9.11. The predicted molar refractivity (Wildman–Crippen MR) is 105 cm³/mol. The lowest BCUT2D eigenvalue weighted by molar-refractivity contribution is -0.115. The number of allylic oxidation sites excluding steroid dienone is 2. The third kappa shape index (κ3) is 3.58. The normalized spacial score (nSPS) is 22.0. The number of ketones is 1. The van der Waals surface area contributed by atoms with Gasteiger partial charge in [-0.25, -0.2) is 0 Å². The van der Waals surface area contributed by atoms with Crippen LogP contribution in [0.5, 0.6) is 0 Å². The molecule has 1 fully saturated rings.